The Morgan fingerprint density at radius 3 is 3.04 bits per heavy atom. The molecule has 0 saturated carbocycles. The van der Waals surface area contributed by atoms with E-state index in [0.717, 1.165) is 43.3 Å². The Hall–Kier alpha value is -2.64. The molecule has 0 aromatic carbocycles. The molecule has 1 unspecified atom stereocenters. The Balaban J connectivity index is 1.43. The summed E-state index contributed by atoms with van der Waals surface area (Å²) in [7, 11) is 1.82. The molecule has 3 aromatic rings. The van der Waals surface area contributed by atoms with Gasteiger partial charge in [0.05, 0.1) is 29.9 Å². The van der Waals surface area contributed by atoms with Crippen molar-refractivity contribution in [2.75, 3.05) is 13.1 Å². The molecule has 0 amide bonds. The van der Waals surface area contributed by atoms with Gasteiger partial charge in [-0.1, -0.05) is 6.08 Å². The number of fused-ring (bicyclic) bond motifs is 1. The lowest BCUT2D eigenvalue weighted by atomic mass is 10.1. The van der Waals surface area contributed by atoms with Gasteiger partial charge in [-0.25, -0.2) is 0 Å². The average molecular weight is 339 g/mol. The lowest BCUT2D eigenvalue weighted by Gasteiger charge is -2.26. The molecular weight excluding hydrogens is 318 g/mol. The summed E-state index contributed by atoms with van der Waals surface area (Å²) in [4.78, 5) is 2.34. The summed E-state index contributed by atoms with van der Waals surface area (Å²) in [6.45, 7) is 3.42. The van der Waals surface area contributed by atoms with Gasteiger partial charge in [0.15, 0.2) is 0 Å². The summed E-state index contributed by atoms with van der Waals surface area (Å²) < 4.78 is 8.96. The molecule has 1 aliphatic heterocycles. The van der Waals surface area contributed by atoms with Crippen LogP contribution in [0.15, 0.2) is 47.2 Å². The minimum absolute atomic E-state index is 0.673. The first-order valence-corrected chi connectivity index (χ1v) is 8.36. The van der Waals surface area contributed by atoms with Gasteiger partial charge < -0.3 is 9.52 Å². The van der Waals surface area contributed by atoms with Crippen molar-refractivity contribution in [1.82, 2.24) is 24.5 Å². The lowest BCUT2D eigenvalue weighted by molar-refractivity contribution is 0.201. The van der Waals surface area contributed by atoms with Crippen LogP contribution >= 0.6 is 0 Å². The summed E-state index contributed by atoms with van der Waals surface area (Å²) in [5, 5.41) is 19.2. The molecule has 0 radical (unpaired) electrons. The minimum atomic E-state index is -0.752. The number of nitrogens with zero attached hydrogens (tertiary/aromatic N) is 5. The van der Waals surface area contributed by atoms with E-state index in [0.29, 0.717) is 5.69 Å². The number of aliphatic hydroxyl groups is 1. The van der Waals surface area contributed by atoms with Gasteiger partial charge in [0.25, 0.3) is 0 Å². The van der Waals surface area contributed by atoms with Gasteiger partial charge in [-0.15, -0.1) is 0 Å². The fourth-order valence-electron chi connectivity index (χ4n) is 3.14. The van der Waals surface area contributed by atoms with E-state index in [1.54, 1.807) is 17.1 Å². The third-order valence-electron chi connectivity index (χ3n) is 4.50. The molecule has 1 aliphatic rings. The van der Waals surface area contributed by atoms with Gasteiger partial charge in [0.2, 0.25) is 0 Å². The maximum absolute atomic E-state index is 10.6. The molecule has 130 valence electrons. The van der Waals surface area contributed by atoms with E-state index in [2.05, 4.69) is 21.2 Å². The second-order valence-electron chi connectivity index (χ2n) is 6.22. The monoisotopic (exact) mass is 339 g/mol. The van der Waals surface area contributed by atoms with Crippen molar-refractivity contribution in [3.05, 3.63) is 65.6 Å². The Morgan fingerprint density at radius 2 is 2.28 bits per heavy atom. The van der Waals surface area contributed by atoms with Crippen LogP contribution in [0.2, 0.25) is 0 Å². The van der Waals surface area contributed by atoms with Crippen LogP contribution in [0.5, 0.6) is 0 Å². The van der Waals surface area contributed by atoms with E-state index < -0.39 is 6.10 Å². The molecule has 0 bridgehead atoms. The molecule has 4 rings (SSSR count). The Labute approximate surface area is 145 Å². The molecule has 3 aromatic heterocycles. The van der Waals surface area contributed by atoms with Gasteiger partial charge in [-0.05, 0) is 30.3 Å². The molecule has 4 heterocycles. The second-order valence-corrected chi connectivity index (χ2v) is 6.22. The van der Waals surface area contributed by atoms with E-state index >= 15 is 0 Å². The van der Waals surface area contributed by atoms with Crippen molar-refractivity contribution in [2.45, 2.75) is 19.2 Å². The van der Waals surface area contributed by atoms with Gasteiger partial charge in [-0.3, -0.25) is 14.3 Å². The average Bonchev–Trinajstić information content (AvgIpc) is 3.34. The maximum Gasteiger partial charge on any atom is 0.139 e. The van der Waals surface area contributed by atoms with Crippen molar-refractivity contribution in [3.8, 4) is 0 Å². The predicted octanol–water partition coefficient (Wildman–Crippen LogP) is 1.82. The second kappa shape index (κ2) is 6.70. The van der Waals surface area contributed by atoms with Crippen LogP contribution in [-0.2, 0) is 20.1 Å². The van der Waals surface area contributed by atoms with Crippen molar-refractivity contribution in [1.29, 1.82) is 0 Å². The summed E-state index contributed by atoms with van der Waals surface area (Å²) in [6.07, 6.45) is 6.70. The summed E-state index contributed by atoms with van der Waals surface area (Å²) >= 11 is 0. The highest BCUT2D eigenvalue weighted by molar-refractivity contribution is 5.42. The van der Waals surface area contributed by atoms with Crippen molar-refractivity contribution >= 4 is 6.08 Å². The van der Waals surface area contributed by atoms with Crippen LogP contribution in [0.4, 0.5) is 0 Å². The van der Waals surface area contributed by atoms with E-state index in [1.807, 2.05) is 42.1 Å². The van der Waals surface area contributed by atoms with Crippen LogP contribution in [-0.4, -0.2) is 42.7 Å². The molecule has 0 aliphatic carbocycles. The largest absolute Gasteiger partial charge is 0.465 e. The number of aryl methyl sites for hydroxylation is 1. The van der Waals surface area contributed by atoms with E-state index in [-0.39, 0.29) is 0 Å². The van der Waals surface area contributed by atoms with Gasteiger partial charge in [0.1, 0.15) is 11.9 Å². The Kier molecular flexibility index (Phi) is 4.25. The molecule has 25 heavy (non-hydrogen) atoms. The van der Waals surface area contributed by atoms with Crippen molar-refractivity contribution < 1.29 is 9.52 Å². The zero-order chi connectivity index (χ0) is 17.2. The zero-order valence-corrected chi connectivity index (χ0v) is 14.1. The molecule has 1 atom stereocenters. The maximum atomic E-state index is 10.6. The van der Waals surface area contributed by atoms with Crippen molar-refractivity contribution in [2.24, 2.45) is 7.05 Å². The minimum Gasteiger partial charge on any atom is -0.465 e. The number of rotatable bonds is 5. The van der Waals surface area contributed by atoms with Crippen LogP contribution in [0.3, 0.4) is 0 Å². The highest BCUT2D eigenvalue weighted by Crippen LogP contribution is 2.23. The normalized spacial score (nSPS) is 16.4. The number of hydrogen-bond donors (Lipinski definition) is 1. The third kappa shape index (κ3) is 3.29. The molecule has 0 spiro atoms. The van der Waals surface area contributed by atoms with Gasteiger partial charge in [0, 0.05) is 32.9 Å². The number of hydrogen-bond acceptors (Lipinski definition) is 5. The van der Waals surface area contributed by atoms with E-state index in [9.17, 15) is 5.11 Å². The topological polar surface area (TPSA) is 72.2 Å². The summed E-state index contributed by atoms with van der Waals surface area (Å²) in [5.74, 6) is 0.864. The predicted molar refractivity (Wildman–Crippen MR) is 92.5 cm³/mol. The third-order valence-corrected chi connectivity index (χ3v) is 4.50. The smallest absolute Gasteiger partial charge is 0.139 e. The highest BCUT2D eigenvalue weighted by Gasteiger charge is 2.22. The molecule has 7 nitrogen and oxygen atoms in total. The van der Waals surface area contributed by atoms with Crippen LogP contribution in [0.25, 0.3) is 6.08 Å². The fraction of sp³-hybridized carbons (Fsp3) is 0.333. The van der Waals surface area contributed by atoms with Gasteiger partial charge in [-0.2, -0.15) is 10.2 Å². The molecule has 0 saturated heterocycles. The summed E-state index contributed by atoms with van der Waals surface area (Å²) in [5.41, 5.74) is 2.54. The molecule has 0 fully saturated rings. The molecule has 7 heteroatoms. The van der Waals surface area contributed by atoms with Crippen molar-refractivity contribution in [3.63, 3.8) is 0 Å². The first-order chi connectivity index (χ1) is 12.2. The first-order valence-electron chi connectivity index (χ1n) is 8.36. The zero-order valence-electron chi connectivity index (χ0n) is 14.1. The Bertz CT molecular complexity index is 862. The van der Waals surface area contributed by atoms with Gasteiger partial charge >= 0.3 is 0 Å². The van der Waals surface area contributed by atoms with Crippen LogP contribution < -0.4 is 0 Å². The molecular formula is C18H21N5O2. The number of aromatic nitrogens is 4. The van der Waals surface area contributed by atoms with Crippen LogP contribution in [0, 0.1) is 0 Å². The quantitative estimate of drug-likeness (QED) is 0.768. The Morgan fingerprint density at radius 1 is 1.36 bits per heavy atom. The highest BCUT2D eigenvalue weighted by atomic mass is 16.3. The first kappa shape index (κ1) is 15.9. The number of furan rings is 1. The number of aliphatic hydroxyl groups excluding tert-OH is 1. The van der Waals surface area contributed by atoms with E-state index in [1.165, 1.54) is 0 Å². The van der Waals surface area contributed by atoms with Crippen LogP contribution in [0.1, 0.15) is 28.9 Å². The standard InChI is InChI=1S/C18H21N5O2/c1-21-17(6-7-19-21)18(24)16-12-14-13-22(9-10-23(14)20-16)8-2-4-15-5-3-11-25-15/h2-7,11-12,18,24H,8-10,13H2,1H3/b4-2+. The fourth-order valence-corrected chi connectivity index (χ4v) is 3.14. The lowest BCUT2D eigenvalue weighted by Crippen LogP contribution is -2.33. The summed E-state index contributed by atoms with van der Waals surface area (Å²) in [6, 6.07) is 7.62. The van der Waals surface area contributed by atoms with E-state index in [4.69, 9.17) is 4.42 Å². The SMILES string of the molecule is Cn1nccc1C(O)c1cc2n(n1)CCN(C/C=C/c1ccco1)C2. The molecule has 1 N–H and O–H groups in total.